The van der Waals surface area contributed by atoms with Gasteiger partial charge in [0.15, 0.2) is 0 Å². The highest BCUT2D eigenvalue weighted by molar-refractivity contribution is 7.98. The van der Waals surface area contributed by atoms with Gasteiger partial charge in [-0.2, -0.15) is 11.8 Å². The third-order valence-electron chi connectivity index (χ3n) is 3.80. The second-order valence-corrected chi connectivity index (χ2v) is 6.17. The molecule has 0 bridgehead atoms. The summed E-state index contributed by atoms with van der Waals surface area (Å²) >= 11 is 1.89. The first-order chi connectivity index (χ1) is 9.54. The second-order valence-electron chi connectivity index (χ2n) is 5.26. The van der Waals surface area contributed by atoms with Crippen LogP contribution in [0.4, 0.5) is 0 Å². The molecule has 2 N–H and O–H groups in total. The predicted molar refractivity (Wildman–Crippen MR) is 89.6 cm³/mol. The fraction of sp³-hybridized carbons (Fsp3) is 0.625. The Kier molecular flexibility index (Phi) is 7.41. The molecule has 3 atom stereocenters. The van der Waals surface area contributed by atoms with Crippen molar-refractivity contribution in [1.29, 1.82) is 0 Å². The smallest absolute Gasteiger partial charge is 0.118 e. The molecule has 0 heterocycles. The Labute approximate surface area is 127 Å². The van der Waals surface area contributed by atoms with Gasteiger partial charge >= 0.3 is 0 Å². The molecule has 1 aromatic rings. The summed E-state index contributed by atoms with van der Waals surface area (Å²) in [4.78, 5) is 2.42. The van der Waals surface area contributed by atoms with Gasteiger partial charge in [0.25, 0.3) is 0 Å². The number of thioether (sulfide) groups is 1. The maximum Gasteiger partial charge on any atom is 0.118 e. The first-order valence-electron chi connectivity index (χ1n) is 7.15. The van der Waals surface area contributed by atoms with Crippen LogP contribution in [0.5, 0.6) is 5.75 Å². The van der Waals surface area contributed by atoms with Gasteiger partial charge in [0.05, 0.1) is 7.11 Å². The number of rotatable bonds is 8. The minimum absolute atomic E-state index is 0.0873. The lowest BCUT2D eigenvalue weighted by Gasteiger charge is -2.37. The lowest BCUT2D eigenvalue weighted by molar-refractivity contribution is 0.164. The van der Waals surface area contributed by atoms with E-state index in [-0.39, 0.29) is 12.1 Å². The highest BCUT2D eigenvalue weighted by Gasteiger charge is 2.26. The van der Waals surface area contributed by atoms with Crippen LogP contribution in [0.1, 0.15) is 31.9 Å². The van der Waals surface area contributed by atoms with E-state index in [4.69, 9.17) is 10.5 Å². The summed E-state index contributed by atoms with van der Waals surface area (Å²) < 4.78 is 5.23. The van der Waals surface area contributed by atoms with Gasteiger partial charge < -0.3 is 10.5 Å². The van der Waals surface area contributed by atoms with Crippen LogP contribution in [-0.2, 0) is 0 Å². The van der Waals surface area contributed by atoms with E-state index in [0.29, 0.717) is 6.04 Å². The highest BCUT2D eigenvalue weighted by atomic mass is 32.2. The molecule has 4 heteroatoms. The summed E-state index contributed by atoms with van der Waals surface area (Å²) in [5.74, 6) is 2.02. The van der Waals surface area contributed by atoms with Gasteiger partial charge in [0.1, 0.15) is 5.75 Å². The lowest BCUT2D eigenvalue weighted by atomic mass is 9.97. The number of ether oxygens (including phenoxy) is 1. The van der Waals surface area contributed by atoms with Crippen LogP contribution in [0.25, 0.3) is 0 Å². The van der Waals surface area contributed by atoms with Gasteiger partial charge in [-0.05, 0) is 44.3 Å². The highest BCUT2D eigenvalue weighted by Crippen LogP contribution is 2.27. The monoisotopic (exact) mass is 296 g/mol. The van der Waals surface area contributed by atoms with Gasteiger partial charge in [-0.1, -0.05) is 19.1 Å². The molecule has 3 unspecified atom stereocenters. The number of nitrogens with zero attached hydrogens (tertiary/aromatic N) is 1. The number of likely N-dealkylation sites (N-methyl/N-ethyl adjacent to an activating group) is 1. The minimum Gasteiger partial charge on any atom is -0.497 e. The van der Waals surface area contributed by atoms with Gasteiger partial charge in [-0.15, -0.1) is 0 Å². The molecule has 0 aromatic heterocycles. The van der Waals surface area contributed by atoms with E-state index < -0.39 is 0 Å². The minimum atomic E-state index is 0.0873. The third kappa shape index (κ3) is 4.40. The molecule has 0 aliphatic carbocycles. The molecule has 3 nitrogen and oxygen atoms in total. The van der Waals surface area contributed by atoms with E-state index in [2.05, 4.69) is 44.2 Å². The maximum atomic E-state index is 6.25. The Balaban J connectivity index is 2.96. The van der Waals surface area contributed by atoms with E-state index in [1.54, 1.807) is 7.11 Å². The van der Waals surface area contributed by atoms with Crippen LogP contribution < -0.4 is 10.5 Å². The standard InChI is InChI=1S/C16H28N2OS/c1-6-14(11-20-5)18(3)16(12(2)17)13-7-9-15(19-4)10-8-13/h7-10,12,14,16H,6,11,17H2,1-5H3. The Morgan fingerprint density at radius 1 is 1.30 bits per heavy atom. The topological polar surface area (TPSA) is 38.5 Å². The molecule has 0 fully saturated rings. The first kappa shape index (κ1) is 17.3. The van der Waals surface area contributed by atoms with Crippen LogP contribution in [0.2, 0.25) is 0 Å². The molecule has 0 aliphatic rings. The zero-order chi connectivity index (χ0) is 15.1. The van der Waals surface area contributed by atoms with Crippen molar-refractivity contribution in [1.82, 2.24) is 4.90 Å². The summed E-state index contributed by atoms with van der Waals surface area (Å²) in [7, 11) is 3.87. The average molecular weight is 296 g/mol. The van der Waals surface area contributed by atoms with Crippen molar-refractivity contribution in [2.45, 2.75) is 38.4 Å². The fourth-order valence-corrected chi connectivity index (χ4v) is 3.51. The summed E-state index contributed by atoms with van der Waals surface area (Å²) in [6.45, 7) is 4.32. The van der Waals surface area contributed by atoms with Crippen LogP contribution in [0, 0.1) is 0 Å². The predicted octanol–water partition coefficient (Wildman–Crippen LogP) is 3.16. The molecule has 1 rings (SSSR count). The molecule has 20 heavy (non-hydrogen) atoms. The zero-order valence-corrected chi connectivity index (χ0v) is 14.1. The van der Waals surface area contributed by atoms with Crippen molar-refractivity contribution in [2.75, 3.05) is 26.2 Å². The molecular weight excluding hydrogens is 268 g/mol. The molecule has 0 spiro atoms. The molecule has 1 aromatic carbocycles. The van der Waals surface area contributed by atoms with Gasteiger partial charge in [-0.3, -0.25) is 4.90 Å². The first-order valence-corrected chi connectivity index (χ1v) is 8.54. The van der Waals surface area contributed by atoms with Gasteiger partial charge in [0.2, 0.25) is 0 Å². The number of hydrogen-bond donors (Lipinski definition) is 1. The lowest BCUT2D eigenvalue weighted by Crippen LogP contribution is -2.43. The summed E-state index contributed by atoms with van der Waals surface area (Å²) in [5, 5.41) is 0. The number of methoxy groups -OCH3 is 1. The van der Waals surface area contributed by atoms with Crippen LogP contribution in [-0.4, -0.2) is 43.1 Å². The third-order valence-corrected chi connectivity index (χ3v) is 4.52. The van der Waals surface area contributed by atoms with Crippen LogP contribution in [0.3, 0.4) is 0 Å². The largest absolute Gasteiger partial charge is 0.497 e. The van der Waals surface area contributed by atoms with Gasteiger partial charge in [0, 0.05) is 23.9 Å². The van der Waals surface area contributed by atoms with Crippen molar-refractivity contribution in [3.63, 3.8) is 0 Å². The summed E-state index contributed by atoms with van der Waals surface area (Å²) in [5.41, 5.74) is 7.50. The molecular formula is C16H28N2OS. The Bertz CT molecular complexity index is 381. The molecule has 0 saturated heterocycles. The average Bonchev–Trinajstić information content (AvgIpc) is 2.45. The van der Waals surface area contributed by atoms with Gasteiger partial charge in [-0.25, -0.2) is 0 Å². The zero-order valence-electron chi connectivity index (χ0n) is 13.3. The van der Waals surface area contributed by atoms with Crippen molar-refractivity contribution >= 4 is 11.8 Å². The fourth-order valence-electron chi connectivity index (χ4n) is 2.65. The Hall–Kier alpha value is -0.710. The van der Waals surface area contributed by atoms with Crippen LogP contribution in [0.15, 0.2) is 24.3 Å². The van der Waals surface area contributed by atoms with Crippen molar-refractivity contribution in [3.8, 4) is 5.75 Å². The molecule has 0 saturated carbocycles. The van der Waals surface area contributed by atoms with E-state index in [9.17, 15) is 0 Å². The summed E-state index contributed by atoms with van der Waals surface area (Å²) in [6, 6.07) is 9.12. The van der Waals surface area contributed by atoms with Crippen LogP contribution >= 0.6 is 11.8 Å². The normalized spacial score (nSPS) is 15.9. The quantitative estimate of drug-likeness (QED) is 0.800. The second kappa shape index (κ2) is 8.55. The van der Waals surface area contributed by atoms with Crippen molar-refractivity contribution in [2.24, 2.45) is 5.73 Å². The SMILES string of the molecule is CCC(CSC)N(C)C(c1ccc(OC)cc1)C(C)N. The Morgan fingerprint density at radius 3 is 2.30 bits per heavy atom. The van der Waals surface area contributed by atoms with Crippen molar-refractivity contribution in [3.05, 3.63) is 29.8 Å². The van der Waals surface area contributed by atoms with E-state index in [1.807, 2.05) is 23.9 Å². The number of nitrogens with two attached hydrogens (primary N) is 1. The van der Waals surface area contributed by atoms with E-state index in [1.165, 1.54) is 5.56 Å². The molecule has 0 amide bonds. The molecule has 114 valence electrons. The summed E-state index contributed by atoms with van der Waals surface area (Å²) in [6.07, 6.45) is 3.29. The Morgan fingerprint density at radius 2 is 1.90 bits per heavy atom. The van der Waals surface area contributed by atoms with Crippen molar-refractivity contribution < 1.29 is 4.74 Å². The maximum absolute atomic E-state index is 6.25. The molecule has 0 radical (unpaired) electrons. The molecule has 0 aliphatic heterocycles. The van der Waals surface area contributed by atoms with E-state index >= 15 is 0 Å². The number of benzene rings is 1. The number of hydrogen-bond acceptors (Lipinski definition) is 4. The van der Waals surface area contributed by atoms with E-state index in [0.717, 1.165) is 17.9 Å².